The molecule has 0 radical (unpaired) electrons. The van der Waals surface area contributed by atoms with Crippen molar-refractivity contribution in [3.8, 4) is 11.1 Å². The number of aryl methyl sites for hydroxylation is 1. The van der Waals surface area contributed by atoms with Gasteiger partial charge in [-0.25, -0.2) is 9.78 Å². The summed E-state index contributed by atoms with van der Waals surface area (Å²) in [6.45, 7) is 5.74. The van der Waals surface area contributed by atoms with Crippen LogP contribution in [0.1, 0.15) is 45.2 Å². The van der Waals surface area contributed by atoms with Crippen LogP contribution in [0.2, 0.25) is 0 Å². The molecule has 172 valence electrons. The molecule has 3 aromatic heterocycles. The number of halogens is 1. The second kappa shape index (κ2) is 8.36. The van der Waals surface area contributed by atoms with Gasteiger partial charge in [0, 0.05) is 36.8 Å². The van der Waals surface area contributed by atoms with E-state index < -0.39 is 11.7 Å². The van der Waals surface area contributed by atoms with Gasteiger partial charge in [-0.05, 0) is 49.5 Å². The largest absolute Gasteiger partial charge is 0.444 e. The van der Waals surface area contributed by atoms with Gasteiger partial charge in [-0.2, -0.15) is 14.7 Å². The summed E-state index contributed by atoms with van der Waals surface area (Å²) in [4.78, 5) is 19.4. The lowest BCUT2D eigenvalue weighted by Gasteiger charge is -2.39. The molecule has 1 saturated heterocycles. The van der Waals surface area contributed by atoms with E-state index in [-0.39, 0.29) is 18.6 Å². The predicted molar refractivity (Wildman–Crippen MR) is 123 cm³/mol. The summed E-state index contributed by atoms with van der Waals surface area (Å²) in [5.74, 6) is 0.358. The van der Waals surface area contributed by atoms with Crippen LogP contribution in [0.3, 0.4) is 0 Å². The lowest BCUT2D eigenvalue weighted by molar-refractivity contribution is -0.00122. The Balaban J connectivity index is 1.72. The minimum Gasteiger partial charge on any atom is -0.444 e. The van der Waals surface area contributed by atoms with Gasteiger partial charge >= 0.3 is 6.09 Å². The van der Waals surface area contributed by atoms with Crippen LogP contribution in [0, 0.1) is 0 Å². The number of nitrogen functional groups attached to an aromatic ring is 1. The van der Waals surface area contributed by atoms with E-state index in [2.05, 4.69) is 26.1 Å². The maximum Gasteiger partial charge on any atom is 0.410 e. The van der Waals surface area contributed by atoms with Crippen LogP contribution < -0.4 is 5.73 Å². The second-order valence-corrected chi connectivity index (χ2v) is 9.93. The zero-order valence-electron chi connectivity index (χ0n) is 18.6. The second-order valence-electron chi connectivity index (χ2n) is 9.14. The standard InChI is InChI=1S/C21H28BrN7O3/c1-21(2,3)32-20(31)28-10-12(5-6-14(28)11-30)17-16(22)18(23)29-19(26-17)15(8-25-29)13-7-24-27(4)9-13/h7-9,12,14,30H,5-6,10-11,23H2,1-4H3/t12-,14-/m0/s1. The van der Waals surface area contributed by atoms with Crippen molar-refractivity contribution in [3.63, 3.8) is 0 Å². The molecule has 0 aromatic carbocycles. The van der Waals surface area contributed by atoms with Gasteiger partial charge < -0.3 is 20.5 Å². The third-order valence-electron chi connectivity index (χ3n) is 5.60. The molecule has 3 aromatic rings. The Labute approximate surface area is 194 Å². The highest BCUT2D eigenvalue weighted by atomic mass is 79.9. The Morgan fingerprint density at radius 3 is 2.69 bits per heavy atom. The first-order valence-electron chi connectivity index (χ1n) is 10.5. The van der Waals surface area contributed by atoms with E-state index >= 15 is 0 Å². The minimum atomic E-state index is -0.623. The fraction of sp³-hybridized carbons (Fsp3) is 0.524. The quantitative estimate of drug-likeness (QED) is 0.560. The normalized spacial score (nSPS) is 19.5. The number of aliphatic hydroxyl groups is 1. The molecule has 2 atom stereocenters. The molecule has 1 fully saturated rings. The van der Waals surface area contributed by atoms with Crippen LogP contribution in [0.4, 0.5) is 10.6 Å². The van der Waals surface area contributed by atoms with Crippen LogP contribution in [0.25, 0.3) is 16.8 Å². The van der Waals surface area contributed by atoms with E-state index in [0.717, 1.165) is 23.2 Å². The number of likely N-dealkylation sites (tertiary alicyclic amines) is 1. The molecule has 10 nitrogen and oxygen atoms in total. The van der Waals surface area contributed by atoms with Crippen molar-refractivity contribution in [1.29, 1.82) is 0 Å². The molecule has 1 aliphatic heterocycles. The number of nitrogens with two attached hydrogens (primary N) is 1. The summed E-state index contributed by atoms with van der Waals surface area (Å²) in [5.41, 5.74) is 8.88. The monoisotopic (exact) mass is 505 g/mol. The topological polar surface area (TPSA) is 124 Å². The van der Waals surface area contributed by atoms with E-state index in [9.17, 15) is 9.90 Å². The average molecular weight is 506 g/mol. The average Bonchev–Trinajstić information content (AvgIpc) is 3.35. The van der Waals surface area contributed by atoms with E-state index in [1.165, 1.54) is 0 Å². The van der Waals surface area contributed by atoms with Gasteiger partial charge in [-0.15, -0.1) is 0 Å². The number of fused-ring (bicyclic) bond motifs is 1. The third kappa shape index (κ3) is 4.18. The molecule has 0 aliphatic carbocycles. The van der Waals surface area contributed by atoms with Crippen LogP contribution >= 0.6 is 15.9 Å². The molecule has 4 heterocycles. The zero-order chi connectivity index (χ0) is 23.2. The van der Waals surface area contributed by atoms with Crippen molar-refractivity contribution in [2.75, 3.05) is 18.9 Å². The number of aliphatic hydroxyl groups excluding tert-OH is 1. The number of anilines is 1. The van der Waals surface area contributed by atoms with Gasteiger partial charge in [0.1, 0.15) is 11.4 Å². The molecule has 1 aliphatic rings. The Morgan fingerprint density at radius 2 is 2.06 bits per heavy atom. The van der Waals surface area contributed by atoms with Crippen LogP contribution in [0.5, 0.6) is 0 Å². The van der Waals surface area contributed by atoms with Gasteiger partial charge in [0.15, 0.2) is 5.65 Å². The Kier molecular flexibility index (Phi) is 5.89. The number of carbonyl (C=O) groups is 1. The number of ether oxygens (including phenoxy) is 1. The fourth-order valence-electron chi connectivity index (χ4n) is 4.03. The highest BCUT2D eigenvalue weighted by molar-refractivity contribution is 9.10. The molecule has 0 unspecified atom stereocenters. The van der Waals surface area contributed by atoms with Crippen molar-refractivity contribution < 1.29 is 14.6 Å². The summed E-state index contributed by atoms with van der Waals surface area (Å²) in [6, 6.07) is -0.290. The Morgan fingerprint density at radius 1 is 1.31 bits per heavy atom. The minimum absolute atomic E-state index is 0.0800. The number of hydrogen-bond acceptors (Lipinski definition) is 7. The summed E-state index contributed by atoms with van der Waals surface area (Å²) in [6.07, 6.45) is 6.32. The molecule has 0 bridgehead atoms. The van der Waals surface area contributed by atoms with Crippen LogP contribution in [0.15, 0.2) is 23.1 Å². The number of rotatable bonds is 3. The maximum atomic E-state index is 12.8. The molecule has 0 spiro atoms. The van der Waals surface area contributed by atoms with Crippen LogP contribution in [-0.4, -0.2) is 65.3 Å². The highest BCUT2D eigenvalue weighted by Crippen LogP contribution is 2.37. The summed E-state index contributed by atoms with van der Waals surface area (Å²) < 4.78 is 9.55. The Hall–Kier alpha value is -2.66. The predicted octanol–water partition coefficient (Wildman–Crippen LogP) is 2.95. The number of nitrogens with zero attached hydrogens (tertiary/aromatic N) is 6. The highest BCUT2D eigenvalue weighted by Gasteiger charge is 2.36. The van der Waals surface area contributed by atoms with Crippen molar-refractivity contribution in [1.82, 2.24) is 29.3 Å². The molecule has 11 heteroatoms. The Bertz CT molecular complexity index is 1150. The fourth-order valence-corrected chi connectivity index (χ4v) is 4.61. The van der Waals surface area contributed by atoms with Crippen molar-refractivity contribution >= 4 is 33.5 Å². The smallest absolute Gasteiger partial charge is 0.410 e. The van der Waals surface area contributed by atoms with Gasteiger partial charge in [0.2, 0.25) is 0 Å². The lowest BCUT2D eigenvalue weighted by Crippen LogP contribution is -2.49. The molecule has 0 saturated carbocycles. The number of carbonyl (C=O) groups excluding carboxylic acids is 1. The van der Waals surface area contributed by atoms with E-state index in [1.807, 2.05) is 34.0 Å². The number of aromatic nitrogens is 5. The van der Waals surface area contributed by atoms with Gasteiger partial charge in [-0.1, -0.05) is 0 Å². The first kappa shape index (κ1) is 22.5. The first-order chi connectivity index (χ1) is 15.1. The van der Waals surface area contributed by atoms with Crippen molar-refractivity contribution in [2.24, 2.45) is 7.05 Å². The van der Waals surface area contributed by atoms with E-state index in [4.69, 9.17) is 15.5 Å². The molecule has 1 amide bonds. The summed E-state index contributed by atoms with van der Waals surface area (Å²) >= 11 is 3.60. The number of hydrogen-bond donors (Lipinski definition) is 2. The van der Waals surface area contributed by atoms with Gasteiger partial charge in [0.05, 0.1) is 35.2 Å². The molecular formula is C21H28BrN7O3. The molecular weight excluding hydrogens is 478 g/mol. The molecule has 4 rings (SSSR count). The number of amides is 1. The number of piperidine rings is 1. The lowest BCUT2D eigenvalue weighted by atomic mass is 9.90. The first-order valence-corrected chi connectivity index (χ1v) is 11.3. The molecule has 3 N–H and O–H groups in total. The third-order valence-corrected chi connectivity index (χ3v) is 6.41. The maximum absolute atomic E-state index is 12.8. The van der Waals surface area contributed by atoms with Crippen LogP contribution in [-0.2, 0) is 11.8 Å². The zero-order valence-corrected chi connectivity index (χ0v) is 20.2. The summed E-state index contributed by atoms with van der Waals surface area (Å²) in [7, 11) is 1.85. The van der Waals surface area contributed by atoms with E-state index in [0.29, 0.717) is 28.9 Å². The molecule has 32 heavy (non-hydrogen) atoms. The SMILES string of the molecule is Cn1cc(-c2cnn3c(N)c(Br)c([C@H]4CC[C@@H](CO)N(C(=O)OC(C)(C)C)C4)nc23)cn1. The summed E-state index contributed by atoms with van der Waals surface area (Å²) in [5, 5.41) is 18.5. The van der Waals surface area contributed by atoms with Crippen molar-refractivity contribution in [2.45, 2.75) is 51.2 Å². The van der Waals surface area contributed by atoms with Gasteiger partial charge in [0.25, 0.3) is 0 Å². The van der Waals surface area contributed by atoms with Gasteiger partial charge in [-0.3, -0.25) is 4.68 Å². The van der Waals surface area contributed by atoms with Crippen molar-refractivity contribution in [3.05, 3.63) is 28.8 Å². The van der Waals surface area contributed by atoms with E-state index in [1.54, 1.807) is 26.5 Å².